The van der Waals surface area contributed by atoms with Crippen LogP contribution < -0.4 is 10.2 Å². The number of hydrogen-bond acceptors (Lipinski definition) is 5. The zero-order valence-corrected chi connectivity index (χ0v) is 16.0. The maximum atomic E-state index is 11.9. The molecule has 0 unspecified atom stereocenters. The Hall–Kier alpha value is -2.67. The number of amides is 1. The summed E-state index contributed by atoms with van der Waals surface area (Å²) in [5.41, 5.74) is 1.40. The largest absolute Gasteiger partial charge is 0.478 e. The van der Waals surface area contributed by atoms with E-state index in [1.165, 1.54) is 0 Å². The van der Waals surface area contributed by atoms with Crippen molar-refractivity contribution in [3.8, 4) is 0 Å². The number of carbonyl (C=O) groups is 2. The number of nitrogens with one attached hydrogen (secondary N) is 1. The zero-order chi connectivity index (χ0) is 19.6. The van der Waals surface area contributed by atoms with Crippen molar-refractivity contribution < 1.29 is 14.7 Å². The first-order valence-electron chi connectivity index (χ1n) is 9.35. The maximum absolute atomic E-state index is 11.9. The van der Waals surface area contributed by atoms with Crippen molar-refractivity contribution in [2.75, 3.05) is 42.9 Å². The van der Waals surface area contributed by atoms with Crippen molar-refractivity contribution in [2.24, 2.45) is 5.92 Å². The minimum atomic E-state index is -0.997. The number of fused-ring (bicyclic) bond motifs is 1. The number of aromatic nitrogens is 1. The average molecular weight is 370 g/mol. The number of piperazine rings is 1. The molecule has 144 valence electrons. The molecule has 1 amide bonds. The Bertz CT molecular complexity index is 858. The van der Waals surface area contributed by atoms with Gasteiger partial charge in [-0.05, 0) is 30.8 Å². The zero-order valence-electron chi connectivity index (χ0n) is 16.0. The number of likely N-dealkylation sites (N-methyl/N-ethyl adjacent to an activating group) is 1. The molecule has 0 atom stereocenters. The Morgan fingerprint density at radius 2 is 1.89 bits per heavy atom. The number of hydrogen-bond donors (Lipinski definition) is 2. The van der Waals surface area contributed by atoms with Gasteiger partial charge in [-0.2, -0.15) is 0 Å². The van der Waals surface area contributed by atoms with Gasteiger partial charge in [-0.25, -0.2) is 9.78 Å². The molecule has 0 aliphatic carbocycles. The quantitative estimate of drug-likeness (QED) is 0.842. The fourth-order valence-electron chi connectivity index (χ4n) is 3.21. The molecular weight excluding hydrogens is 344 g/mol. The highest BCUT2D eigenvalue weighted by Gasteiger charge is 2.20. The summed E-state index contributed by atoms with van der Waals surface area (Å²) < 4.78 is 0. The van der Waals surface area contributed by atoms with E-state index in [1.54, 1.807) is 24.3 Å². The summed E-state index contributed by atoms with van der Waals surface area (Å²) in [7, 11) is 0. The summed E-state index contributed by atoms with van der Waals surface area (Å²) in [6.45, 7) is 10.3. The van der Waals surface area contributed by atoms with Gasteiger partial charge < -0.3 is 20.2 Å². The predicted molar refractivity (Wildman–Crippen MR) is 106 cm³/mol. The van der Waals surface area contributed by atoms with Gasteiger partial charge in [0, 0.05) is 43.2 Å². The highest BCUT2D eigenvalue weighted by atomic mass is 16.4. The second-order valence-corrected chi connectivity index (χ2v) is 7.13. The first-order valence-corrected chi connectivity index (χ1v) is 9.35. The van der Waals surface area contributed by atoms with Crippen molar-refractivity contribution in [1.82, 2.24) is 9.88 Å². The summed E-state index contributed by atoms with van der Waals surface area (Å²) in [5, 5.41) is 13.0. The van der Waals surface area contributed by atoms with Crippen LogP contribution in [0.25, 0.3) is 10.9 Å². The number of nitrogens with zero attached hydrogens (tertiary/aromatic N) is 3. The van der Waals surface area contributed by atoms with Gasteiger partial charge in [-0.15, -0.1) is 0 Å². The van der Waals surface area contributed by atoms with Gasteiger partial charge in [0.2, 0.25) is 5.91 Å². The van der Waals surface area contributed by atoms with Crippen LogP contribution in [0.1, 0.15) is 31.1 Å². The standard InChI is InChI=1S/C20H26N4O3/c1-4-23-7-9-24(10-8-23)18-12-16(20(26)27)15-11-14(5-6-17(15)22-18)21-19(25)13(2)3/h5-6,11-13H,4,7-10H2,1-3H3,(H,21,25)(H,26,27). The molecule has 2 heterocycles. The van der Waals surface area contributed by atoms with E-state index in [-0.39, 0.29) is 17.4 Å². The molecule has 1 saturated heterocycles. The van der Waals surface area contributed by atoms with E-state index in [2.05, 4.69) is 27.0 Å². The number of rotatable bonds is 5. The highest BCUT2D eigenvalue weighted by molar-refractivity contribution is 6.05. The van der Waals surface area contributed by atoms with Crippen LogP contribution in [0, 0.1) is 5.92 Å². The molecule has 3 rings (SSSR count). The third kappa shape index (κ3) is 4.19. The first kappa shape index (κ1) is 19.1. The number of pyridine rings is 1. The summed E-state index contributed by atoms with van der Waals surface area (Å²) in [6, 6.07) is 6.86. The van der Waals surface area contributed by atoms with E-state index in [4.69, 9.17) is 0 Å². The molecule has 27 heavy (non-hydrogen) atoms. The van der Waals surface area contributed by atoms with Crippen LogP contribution in [-0.4, -0.2) is 59.6 Å². The smallest absolute Gasteiger partial charge is 0.336 e. The van der Waals surface area contributed by atoms with Crippen LogP contribution >= 0.6 is 0 Å². The summed E-state index contributed by atoms with van der Waals surface area (Å²) in [4.78, 5) is 32.9. The molecule has 1 aromatic carbocycles. The van der Waals surface area contributed by atoms with Gasteiger partial charge in [0.05, 0.1) is 11.1 Å². The number of carboxylic acid groups (broad SMARTS) is 1. The molecule has 0 radical (unpaired) electrons. The lowest BCUT2D eigenvalue weighted by molar-refractivity contribution is -0.118. The van der Waals surface area contributed by atoms with Gasteiger partial charge in [0.1, 0.15) is 5.82 Å². The van der Waals surface area contributed by atoms with Crippen molar-refractivity contribution >= 4 is 34.3 Å². The van der Waals surface area contributed by atoms with Crippen LogP contribution in [-0.2, 0) is 4.79 Å². The van der Waals surface area contributed by atoms with Crippen LogP contribution in [0.2, 0.25) is 0 Å². The Morgan fingerprint density at radius 3 is 2.48 bits per heavy atom. The summed E-state index contributed by atoms with van der Waals surface area (Å²) in [6.07, 6.45) is 0. The molecular formula is C20H26N4O3. The molecule has 2 N–H and O–H groups in total. The summed E-state index contributed by atoms with van der Waals surface area (Å²) >= 11 is 0. The van der Waals surface area contributed by atoms with E-state index >= 15 is 0 Å². The predicted octanol–water partition coefficient (Wildman–Crippen LogP) is 2.67. The lowest BCUT2D eigenvalue weighted by Gasteiger charge is -2.35. The van der Waals surface area contributed by atoms with Gasteiger partial charge in [-0.3, -0.25) is 4.79 Å². The summed E-state index contributed by atoms with van der Waals surface area (Å²) in [5.74, 6) is -0.565. The Labute approximate surface area is 159 Å². The molecule has 7 nitrogen and oxygen atoms in total. The van der Waals surface area contributed by atoms with Gasteiger partial charge >= 0.3 is 5.97 Å². The second kappa shape index (κ2) is 7.92. The molecule has 1 aliphatic heterocycles. The molecule has 1 fully saturated rings. The minimum absolute atomic E-state index is 0.107. The molecule has 7 heteroatoms. The van der Waals surface area contributed by atoms with Crippen molar-refractivity contribution in [3.63, 3.8) is 0 Å². The highest BCUT2D eigenvalue weighted by Crippen LogP contribution is 2.27. The topological polar surface area (TPSA) is 85.8 Å². The fraction of sp³-hybridized carbons (Fsp3) is 0.450. The first-order chi connectivity index (χ1) is 12.9. The van der Waals surface area contributed by atoms with E-state index in [0.29, 0.717) is 22.4 Å². The molecule has 2 aromatic rings. The third-order valence-electron chi connectivity index (χ3n) is 4.96. The van der Waals surface area contributed by atoms with Gasteiger partial charge in [-0.1, -0.05) is 20.8 Å². The lowest BCUT2D eigenvalue weighted by Crippen LogP contribution is -2.46. The van der Waals surface area contributed by atoms with Gasteiger partial charge in [0.15, 0.2) is 0 Å². The normalized spacial score (nSPS) is 15.3. The Morgan fingerprint density at radius 1 is 1.19 bits per heavy atom. The lowest BCUT2D eigenvalue weighted by atomic mass is 10.1. The third-order valence-corrected chi connectivity index (χ3v) is 4.96. The Balaban J connectivity index is 1.95. The number of carboxylic acids is 1. The molecule has 0 bridgehead atoms. The van der Waals surface area contributed by atoms with Crippen molar-refractivity contribution in [1.29, 1.82) is 0 Å². The molecule has 1 aliphatic rings. The molecule has 0 spiro atoms. The van der Waals surface area contributed by atoms with E-state index in [1.807, 2.05) is 13.8 Å². The Kier molecular flexibility index (Phi) is 5.60. The van der Waals surface area contributed by atoms with Crippen LogP contribution in [0.5, 0.6) is 0 Å². The average Bonchev–Trinajstić information content (AvgIpc) is 2.67. The van der Waals surface area contributed by atoms with Crippen LogP contribution in [0.4, 0.5) is 11.5 Å². The van der Waals surface area contributed by atoms with Crippen molar-refractivity contribution in [2.45, 2.75) is 20.8 Å². The number of aromatic carboxylic acids is 1. The number of carbonyl (C=O) groups excluding carboxylic acids is 1. The van der Waals surface area contributed by atoms with Gasteiger partial charge in [0.25, 0.3) is 0 Å². The van der Waals surface area contributed by atoms with Crippen molar-refractivity contribution in [3.05, 3.63) is 29.8 Å². The van der Waals surface area contributed by atoms with E-state index < -0.39 is 5.97 Å². The number of benzene rings is 1. The fourth-order valence-corrected chi connectivity index (χ4v) is 3.21. The minimum Gasteiger partial charge on any atom is -0.478 e. The van der Waals surface area contributed by atoms with Crippen LogP contribution in [0.3, 0.4) is 0 Å². The molecule has 0 saturated carbocycles. The SMILES string of the molecule is CCN1CCN(c2cc(C(=O)O)c3cc(NC(=O)C(C)C)ccc3n2)CC1. The monoisotopic (exact) mass is 370 g/mol. The van der Waals surface area contributed by atoms with E-state index in [9.17, 15) is 14.7 Å². The maximum Gasteiger partial charge on any atom is 0.336 e. The van der Waals surface area contributed by atoms with Crippen LogP contribution in [0.15, 0.2) is 24.3 Å². The van der Waals surface area contributed by atoms with E-state index in [0.717, 1.165) is 32.7 Å². The number of anilines is 2. The molecule has 1 aromatic heterocycles. The second-order valence-electron chi connectivity index (χ2n) is 7.13.